The summed E-state index contributed by atoms with van der Waals surface area (Å²) in [7, 11) is 1.75. The number of amides is 1. The first-order chi connectivity index (χ1) is 9.74. The van der Waals surface area contributed by atoms with Crippen LogP contribution in [0.5, 0.6) is 0 Å². The molecule has 0 saturated carbocycles. The van der Waals surface area contributed by atoms with Gasteiger partial charge >= 0.3 is 6.09 Å². The summed E-state index contributed by atoms with van der Waals surface area (Å²) in [6, 6.07) is 0. The first-order valence-corrected chi connectivity index (χ1v) is 7.66. The Morgan fingerprint density at radius 2 is 1.64 bits per heavy atom. The molecule has 0 aliphatic heterocycles. The Labute approximate surface area is 152 Å². The van der Waals surface area contributed by atoms with Crippen molar-refractivity contribution in [3.05, 3.63) is 0 Å². The first kappa shape index (κ1) is 23.5. The van der Waals surface area contributed by atoms with Gasteiger partial charge in [0.15, 0.2) is 5.96 Å². The molecule has 3 N–H and O–H groups in total. The molecule has 0 aromatic heterocycles. The van der Waals surface area contributed by atoms with E-state index in [0.717, 1.165) is 31.9 Å². The Balaban J connectivity index is 0. The molecule has 1 amide bonds. The monoisotopic (exact) mass is 428 g/mol. The fourth-order valence-corrected chi connectivity index (χ4v) is 1.50. The topological polar surface area (TPSA) is 74.8 Å². The molecule has 0 aliphatic carbocycles. The van der Waals surface area contributed by atoms with E-state index in [-0.39, 0.29) is 30.1 Å². The maximum absolute atomic E-state index is 11.4. The lowest BCUT2D eigenvalue weighted by Crippen LogP contribution is -2.39. The van der Waals surface area contributed by atoms with Gasteiger partial charge in [0.2, 0.25) is 0 Å². The first-order valence-electron chi connectivity index (χ1n) is 7.66. The zero-order chi connectivity index (χ0) is 16.3. The third kappa shape index (κ3) is 15.7. The highest BCUT2D eigenvalue weighted by molar-refractivity contribution is 14.0. The van der Waals surface area contributed by atoms with Gasteiger partial charge in [0.25, 0.3) is 0 Å². The van der Waals surface area contributed by atoms with Gasteiger partial charge in [0, 0.05) is 26.7 Å². The van der Waals surface area contributed by atoms with Crippen LogP contribution in [0, 0.1) is 5.92 Å². The predicted octanol–water partition coefficient (Wildman–Crippen LogP) is 2.73. The molecule has 0 spiro atoms. The third-order valence-electron chi connectivity index (χ3n) is 2.55. The van der Waals surface area contributed by atoms with Crippen molar-refractivity contribution in [3.63, 3.8) is 0 Å². The van der Waals surface area contributed by atoms with Crippen LogP contribution in [0.1, 0.15) is 47.5 Å². The van der Waals surface area contributed by atoms with Crippen LogP contribution in [0.2, 0.25) is 0 Å². The van der Waals surface area contributed by atoms with Crippen molar-refractivity contribution in [2.45, 2.75) is 53.1 Å². The van der Waals surface area contributed by atoms with Crippen LogP contribution in [0.25, 0.3) is 0 Å². The molecule has 0 saturated heterocycles. The maximum atomic E-state index is 11.4. The minimum Gasteiger partial charge on any atom is -0.444 e. The van der Waals surface area contributed by atoms with E-state index in [4.69, 9.17) is 4.74 Å². The Morgan fingerprint density at radius 3 is 2.14 bits per heavy atom. The van der Waals surface area contributed by atoms with E-state index in [1.54, 1.807) is 7.05 Å². The van der Waals surface area contributed by atoms with Crippen LogP contribution >= 0.6 is 24.0 Å². The number of aliphatic imine (C=N–C) groups is 1. The van der Waals surface area contributed by atoms with Crippen molar-refractivity contribution in [1.29, 1.82) is 0 Å². The molecular weight excluding hydrogens is 395 g/mol. The van der Waals surface area contributed by atoms with Crippen molar-refractivity contribution in [2.75, 3.05) is 26.7 Å². The van der Waals surface area contributed by atoms with E-state index in [9.17, 15) is 4.79 Å². The summed E-state index contributed by atoms with van der Waals surface area (Å²) in [5, 5.41) is 9.20. The molecule has 6 nitrogen and oxygen atoms in total. The molecule has 0 rings (SSSR count). The van der Waals surface area contributed by atoms with Gasteiger partial charge in [-0.2, -0.15) is 0 Å². The van der Waals surface area contributed by atoms with Gasteiger partial charge in [0.05, 0.1) is 0 Å². The number of nitrogens with zero attached hydrogens (tertiary/aromatic N) is 1. The highest BCUT2D eigenvalue weighted by atomic mass is 127. The molecule has 0 aliphatic rings. The number of nitrogens with one attached hydrogen (secondary N) is 3. The Bertz CT molecular complexity index is 328. The Hall–Kier alpha value is -0.730. The molecule has 132 valence electrons. The zero-order valence-electron chi connectivity index (χ0n) is 14.8. The second-order valence-corrected chi connectivity index (χ2v) is 6.39. The van der Waals surface area contributed by atoms with Gasteiger partial charge in [-0.05, 0) is 39.5 Å². The molecule has 0 aromatic carbocycles. The average Bonchev–Trinajstić information content (AvgIpc) is 2.33. The second kappa shape index (κ2) is 12.8. The lowest BCUT2D eigenvalue weighted by molar-refractivity contribution is 0.0527. The number of alkyl carbamates (subject to hydrolysis) is 1. The number of carbonyl (C=O) groups is 1. The van der Waals surface area contributed by atoms with Crippen LogP contribution in [-0.4, -0.2) is 44.3 Å². The van der Waals surface area contributed by atoms with E-state index in [2.05, 4.69) is 34.8 Å². The maximum Gasteiger partial charge on any atom is 0.407 e. The second-order valence-electron chi connectivity index (χ2n) is 6.39. The van der Waals surface area contributed by atoms with E-state index in [0.29, 0.717) is 12.5 Å². The summed E-state index contributed by atoms with van der Waals surface area (Å²) in [5.41, 5.74) is -0.454. The number of halogens is 1. The van der Waals surface area contributed by atoms with E-state index < -0.39 is 5.60 Å². The smallest absolute Gasteiger partial charge is 0.407 e. The highest BCUT2D eigenvalue weighted by Crippen LogP contribution is 2.06. The van der Waals surface area contributed by atoms with E-state index in [1.165, 1.54) is 0 Å². The summed E-state index contributed by atoms with van der Waals surface area (Å²) in [6.07, 6.45) is 1.55. The van der Waals surface area contributed by atoms with Crippen molar-refractivity contribution in [3.8, 4) is 0 Å². The number of carbonyl (C=O) groups excluding carboxylic acids is 1. The quantitative estimate of drug-likeness (QED) is 0.252. The highest BCUT2D eigenvalue weighted by Gasteiger charge is 2.15. The zero-order valence-corrected chi connectivity index (χ0v) is 17.1. The van der Waals surface area contributed by atoms with Crippen LogP contribution in [0.3, 0.4) is 0 Å². The molecule has 0 bridgehead atoms. The van der Waals surface area contributed by atoms with Crippen LogP contribution < -0.4 is 16.0 Å². The number of rotatable bonds is 7. The average molecular weight is 428 g/mol. The van der Waals surface area contributed by atoms with Crippen molar-refractivity contribution >= 4 is 36.0 Å². The van der Waals surface area contributed by atoms with Gasteiger partial charge in [-0.1, -0.05) is 13.8 Å². The number of hydrogen-bond donors (Lipinski definition) is 3. The molecule has 0 heterocycles. The number of ether oxygens (including phenoxy) is 1. The van der Waals surface area contributed by atoms with Crippen LogP contribution in [0.4, 0.5) is 4.79 Å². The van der Waals surface area contributed by atoms with Gasteiger partial charge in [-0.25, -0.2) is 4.79 Å². The Kier molecular flexibility index (Phi) is 13.7. The normalized spacial score (nSPS) is 11.7. The van der Waals surface area contributed by atoms with Gasteiger partial charge in [0.1, 0.15) is 5.60 Å². The molecule has 0 atom stereocenters. The van der Waals surface area contributed by atoms with Gasteiger partial charge in [-0.15, -0.1) is 24.0 Å². The summed E-state index contributed by atoms with van der Waals surface area (Å²) in [4.78, 5) is 15.6. The van der Waals surface area contributed by atoms with Crippen molar-refractivity contribution in [1.82, 2.24) is 16.0 Å². The fraction of sp³-hybridized carbons (Fsp3) is 0.867. The molecule has 22 heavy (non-hydrogen) atoms. The van der Waals surface area contributed by atoms with Crippen molar-refractivity contribution in [2.24, 2.45) is 10.9 Å². The summed E-state index contributed by atoms with van der Waals surface area (Å²) in [5.74, 6) is 1.47. The lowest BCUT2D eigenvalue weighted by Gasteiger charge is -2.19. The minimum atomic E-state index is -0.454. The van der Waals surface area contributed by atoms with Crippen molar-refractivity contribution < 1.29 is 9.53 Å². The van der Waals surface area contributed by atoms with Crippen LogP contribution in [0.15, 0.2) is 4.99 Å². The number of guanidine groups is 1. The standard InChI is InChI=1S/C15H32N4O2.HI/c1-12(2)8-11-18-13(16-6)17-9-7-10-19-14(20)21-15(3,4)5;/h12H,7-11H2,1-6H3,(H,19,20)(H2,16,17,18);1H. The number of hydrogen-bond acceptors (Lipinski definition) is 3. The Morgan fingerprint density at radius 1 is 1.09 bits per heavy atom. The van der Waals surface area contributed by atoms with E-state index in [1.807, 2.05) is 20.8 Å². The van der Waals surface area contributed by atoms with E-state index >= 15 is 0 Å². The van der Waals surface area contributed by atoms with Gasteiger partial charge in [-0.3, -0.25) is 4.99 Å². The molecule has 0 unspecified atom stereocenters. The SMILES string of the molecule is CN=C(NCCCNC(=O)OC(C)(C)C)NCCC(C)C.I. The molecule has 7 heteroatoms. The molecule has 0 fully saturated rings. The minimum absolute atomic E-state index is 0. The molecule has 0 radical (unpaired) electrons. The van der Waals surface area contributed by atoms with Crippen LogP contribution in [-0.2, 0) is 4.74 Å². The summed E-state index contributed by atoms with van der Waals surface area (Å²) >= 11 is 0. The largest absolute Gasteiger partial charge is 0.444 e. The molecule has 0 aromatic rings. The lowest BCUT2D eigenvalue weighted by atomic mass is 10.1. The fourth-order valence-electron chi connectivity index (χ4n) is 1.50. The van der Waals surface area contributed by atoms with Gasteiger partial charge < -0.3 is 20.7 Å². The summed E-state index contributed by atoms with van der Waals surface area (Å²) in [6.45, 7) is 12.2. The summed E-state index contributed by atoms with van der Waals surface area (Å²) < 4.78 is 5.16. The third-order valence-corrected chi connectivity index (χ3v) is 2.55. The molecular formula is C15H33IN4O2. The predicted molar refractivity (Wildman–Crippen MR) is 103 cm³/mol.